The monoisotopic (exact) mass is 562 g/mol. The number of rotatable bonds is 14. The summed E-state index contributed by atoms with van der Waals surface area (Å²) in [6.07, 6.45) is 0.000512. The van der Waals surface area contributed by atoms with Gasteiger partial charge in [0.05, 0.1) is 33.0 Å². The number of hydrogen-bond donors (Lipinski definition) is 0. The lowest BCUT2D eigenvalue weighted by Crippen LogP contribution is -2.63. The molecule has 0 spiro atoms. The Balaban J connectivity index is 1.44. The Bertz CT molecular complexity index is 1380. The van der Waals surface area contributed by atoms with Gasteiger partial charge in [-0.15, -0.1) is 0 Å². The minimum absolute atomic E-state index is 0.195. The van der Waals surface area contributed by atoms with Crippen LogP contribution in [0.1, 0.15) is 22.3 Å². The van der Waals surface area contributed by atoms with Crippen LogP contribution in [-0.4, -0.2) is 30.5 Å². The zero-order valence-electron chi connectivity index (χ0n) is 23.8. The van der Waals surface area contributed by atoms with Crippen molar-refractivity contribution in [2.75, 3.05) is 6.61 Å². The van der Waals surface area contributed by atoms with Gasteiger partial charge in [0.2, 0.25) is 0 Å². The topological polar surface area (TPSA) is 46.2 Å². The molecule has 0 unspecified atom stereocenters. The van der Waals surface area contributed by atoms with Crippen molar-refractivity contribution in [3.63, 3.8) is 0 Å². The summed E-state index contributed by atoms with van der Waals surface area (Å²) in [5, 5.41) is 0. The van der Waals surface area contributed by atoms with E-state index < -0.39 is 23.9 Å². The van der Waals surface area contributed by atoms with Crippen LogP contribution < -0.4 is 0 Å². The van der Waals surface area contributed by atoms with Crippen LogP contribution in [0.2, 0.25) is 0 Å². The smallest absolute Gasteiger partial charge is 0.178 e. The first kappa shape index (κ1) is 29.5. The minimum atomic E-state index is -1.06. The largest absolute Gasteiger partial charge is 0.480 e. The summed E-state index contributed by atoms with van der Waals surface area (Å²) in [7, 11) is 0. The van der Waals surface area contributed by atoms with Gasteiger partial charge in [0.15, 0.2) is 5.60 Å². The molecule has 0 aromatic heterocycles. The minimum Gasteiger partial charge on any atom is -0.480 e. The first-order valence-corrected chi connectivity index (χ1v) is 14.3. The van der Waals surface area contributed by atoms with E-state index in [1.807, 2.05) is 121 Å². The van der Waals surface area contributed by atoms with Gasteiger partial charge in [-0.25, -0.2) is 0 Å². The Morgan fingerprint density at radius 2 is 1.02 bits per heavy atom. The number of benzene rings is 4. The maximum atomic E-state index is 6.69. The molecular weight excluding hydrogens is 524 g/mol. The summed E-state index contributed by atoms with van der Waals surface area (Å²) >= 11 is 0. The molecule has 1 aliphatic rings. The predicted octanol–water partition coefficient (Wildman–Crippen LogP) is 7.43. The molecule has 5 heteroatoms. The standard InChI is InChI=1S/C37H38O5/c1-3-37(28-38-24-30-16-8-4-9-17-30)36(41-27-33-22-14-7-15-23-33)35(40-26-32-20-12-6-13-21-32)34(29(2)42-37)39-25-31-18-10-5-11-19-31/h3-23,34-36H,1-2,24-28H2/t34-,35+,36-,37-/m0/s1. The first-order chi connectivity index (χ1) is 20.7. The van der Waals surface area contributed by atoms with Crippen LogP contribution in [0.5, 0.6) is 0 Å². The van der Waals surface area contributed by atoms with Crippen molar-refractivity contribution in [2.24, 2.45) is 0 Å². The molecular formula is C37H38O5. The highest BCUT2D eigenvalue weighted by atomic mass is 16.6. The Morgan fingerprint density at radius 1 is 0.595 bits per heavy atom. The summed E-state index contributed by atoms with van der Waals surface area (Å²) in [6.45, 7) is 10.2. The zero-order valence-corrected chi connectivity index (χ0v) is 23.8. The summed E-state index contributed by atoms with van der Waals surface area (Å²) in [4.78, 5) is 0. The molecule has 0 N–H and O–H groups in total. The van der Waals surface area contributed by atoms with Crippen molar-refractivity contribution >= 4 is 0 Å². The van der Waals surface area contributed by atoms with Crippen LogP contribution in [0, 0.1) is 0 Å². The highest BCUT2D eigenvalue weighted by molar-refractivity contribution is 5.22. The Hall–Kier alpha value is -4.00. The van der Waals surface area contributed by atoms with Gasteiger partial charge >= 0.3 is 0 Å². The molecule has 4 aromatic carbocycles. The third kappa shape index (κ3) is 7.64. The van der Waals surface area contributed by atoms with Gasteiger partial charge in [0, 0.05) is 0 Å². The molecule has 1 fully saturated rings. The second-order valence-corrected chi connectivity index (χ2v) is 10.4. The maximum absolute atomic E-state index is 6.69. The second-order valence-electron chi connectivity index (χ2n) is 10.4. The van der Waals surface area contributed by atoms with Crippen LogP contribution in [-0.2, 0) is 50.1 Å². The van der Waals surface area contributed by atoms with Crippen molar-refractivity contribution < 1.29 is 23.7 Å². The highest BCUT2D eigenvalue weighted by Crippen LogP contribution is 2.39. The maximum Gasteiger partial charge on any atom is 0.178 e. The third-order valence-electron chi connectivity index (χ3n) is 7.33. The van der Waals surface area contributed by atoms with Gasteiger partial charge in [0.25, 0.3) is 0 Å². The molecule has 4 aromatic rings. The van der Waals surface area contributed by atoms with Gasteiger partial charge in [-0.1, -0.05) is 134 Å². The molecule has 0 saturated carbocycles. The molecule has 0 amide bonds. The average molecular weight is 563 g/mol. The van der Waals surface area contributed by atoms with E-state index >= 15 is 0 Å². The normalized spacial score (nSPS) is 21.9. The van der Waals surface area contributed by atoms with Gasteiger partial charge in [-0.2, -0.15) is 0 Å². The molecule has 4 atom stereocenters. The van der Waals surface area contributed by atoms with E-state index in [0.717, 1.165) is 22.3 Å². The molecule has 5 nitrogen and oxygen atoms in total. The molecule has 1 aliphatic heterocycles. The van der Waals surface area contributed by atoms with Crippen LogP contribution in [0.15, 0.2) is 146 Å². The SMILES string of the molecule is C=C[C@@]1(COCc2ccccc2)OC(=C)[C@H](OCc2ccccc2)[C@@H](OCc2ccccc2)[C@@H]1OCc1ccccc1. The van der Waals surface area contributed by atoms with Crippen molar-refractivity contribution in [1.29, 1.82) is 0 Å². The van der Waals surface area contributed by atoms with Gasteiger partial charge in [-0.05, 0) is 28.3 Å². The molecule has 1 saturated heterocycles. The van der Waals surface area contributed by atoms with E-state index in [-0.39, 0.29) is 6.61 Å². The molecule has 216 valence electrons. The van der Waals surface area contributed by atoms with Crippen LogP contribution in [0.3, 0.4) is 0 Å². The fraction of sp³-hybridized carbons (Fsp3) is 0.243. The van der Waals surface area contributed by atoms with Crippen molar-refractivity contribution in [3.8, 4) is 0 Å². The molecule has 1 heterocycles. The Kier molecular flexibility index (Phi) is 10.4. The van der Waals surface area contributed by atoms with Gasteiger partial charge in [0.1, 0.15) is 24.1 Å². The molecule has 0 aliphatic carbocycles. The highest BCUT2D eigenvalue weighted by Gasteiger charge is 2.54. The fourth-order valence-electron chi connectivity index (χ4n) is 5.10. The van der Waals surface area contributed by atoms with E-state index in [9.17, 15) is 0 Å². The van der Waals surface area contributed by atoms with Gasteiger partial charge < -0.3 is 23.7 Å². The first-order valence-electron chi connectivity index (χ1n) is 14.3. The lowest BCUT2D eigenvalue weighted by molar-refractivity contribution is -0.247. The Labute approximate surface area is 249 Å². The van der Waals surface area contributed by atoms with E-state index in [0.29, 0.717) is 32.2 Å². The predicted molar refractivity (Wildman–Crippen MR) is 164 cm³/mol. The lowest BCUT2D eigenvalue weighted by Gasteiger charge is -2.49. The second kappa shape index (κ2) is 14.8. The van der Waals surface area contributed by atoms with E-state index in [1.54, 1.807) is 6.08 Å². The van der Waals surface area contributed by atoms with Crippen LogP contribution >= 0.6 is 0 Å². The molecule has 5 rings (SSSR count). The third-order valence-corrected chi connectivity index (χ3v) is 7.33. The number of ether oxygens (including phenoxy) is 5. The summed E-state index contributed by atoms with van der Waals surface area (Å²) in [5.41, 5.74) is 3.13. The van der Waals surface area contributed by atoms with E-state index in [2.05, 4.69) is 13.2 Å². The summed E-state index contributed by atoms with van der Waals surface area (Å²) < 4.78 is 32.7. The van der Waals surface area contributed by atoms with Crippen LogP contribution in [0.4, 0.5) is 0 Å². The molecule has 0 radical (unpaired) electrons. The van der Waals surface area contributed by atoms with Crippen molar-refractivity contribution in [3.05, 3.63) is 169 Å². The Morgan fingerprint density at radius 3 is 1.50 bits per heavy atom. The number of hydrogen-bond acceptors (Lipinski definition) is 5. The summed E-state index contributed by atoms with van der Waals surface area (Å²) in [6, 6.07) is 40.2. The van der Waals surface area contributed by atoms with E-state index in [1.165, 1.54) is 0 Å². The fourth-order valence-corrected chi connectivity index (χ4v) is 5.10. The van der Waals surface area contributed by atoms with Gasteiger partial charge in [-0.3, -0.25) is 0 Å². The van der Waals surface area contributed by atoms with Crippen LogP contribution in [0.25, 0.3) is 0 Å². The molecule has 0 bridgehead atoms. The summed E-state index contributed by atoms with van der Waals surface area (Å²) in [5.74, 6) is 0.451. The quantitative estimate of drug-likeness (QED) is 0.150. The van der Waals surface area contributed by atoms with E-state index in [4.69, 9.17) is 23.7 Å². The average Bonchev–Trinajstić information content (AvgIpc) is 3.04. The lowest BCUT2D eigenvalue weighted by atomic mass is 9.86. The zero-order chi connectivity index (χ0) is 29.0. The van der Waals surface area contributed by atoms with Crippen molar-refractivity contribution in [2.45, 2.75) is 50.3 Å². The van der Waals surface area contributed by atoms with Crippen molar-refractivity contribution in [1.82, 2.24) is 0 Å². The molecule has 42 heavy (non-hydrogen) atoms.